The number of aryl methyl sites for hydroxylation is 1. The first kappa shape index (κ1) is 9.71. The van der Waals surface area contributed by atoms with E-state index in [1.54, 1.807) is 0 Å². The molecule has 0 saturated carbocycles. The molecule has 1 heterocycles. The monoisotopic (exact) mass is 198 g/mol. The van der Waals surface area contributed by atoms with Gasteiger partial charge in [0.1, 0.15) is 0 Å². The van der Waals surface area contributed by atoms with Crippen LogP contribution in [0.5, 0.6) is 0 Å². The van der Waals surface area contributed by atoms with Crippen molar-refractivity contribution < 1.29 is 0 Å². The minimum absolute atomic E-state index is 0.802. The third-order valence-corrected chi connectivity index (χ3v) is 2.41. The van der Waals surface area contributed by atoms with Crippen molar-refractivity contribution in [3.05, 3.63) is 54.4 Å². The maximum absolute atomic E-state index is 7.05. The fraction of sp³-hybridized carbons (Fsp3) is 0.154. The second-order valence-corrected chi connectivity index (χ2v) is 3.45. The van der Waals surface area contributed by atoms with E-state index < -0.39 is 0 Å². The van der Waals surface area contributed by atoms with Gasteiger partial charge in [0.25, 0.3) is 0 Å². The zero-order valence-corrected chi connectivity index (χ0v) is 8.56. The van der Waals surface area contributed by atoms with Gasteiger partial charge in [0.15, 0.2) is 0 Å². The number of benzene rings is 1. The van der Waals surface area contributed by atoms with Crippen LogP contribution in [0.4, 0.5) is 0 Å². The van der Waals surface area contributed by atoms with Gasteiger partial charge in [-0.25, -0.2) is 0 Å². The standard InChI is InChI=1S/C13H14N2/c14-10-4-8-13-9-5-11-15(13)12-6-2-1-3-7-12/h1-3,5-7,9-11,14H,4,8H2. The molecule has 15 heavy (non-hydrogen) atoms. The maximum Gasteiger partial charge on any atom is 0.0452 e. The molecule has 0 spiro atoms. The van der Waals surface area contributed by atoms with Crippen LogP contribution >= 0.6 is 0 Å². The van der Waals surface area contributed by atoms with Crippen molar-refractivity contribution in [2.45, 2.75) is 12.8 Å². The van der Waals surface area contributed by atoms with Crippen molar-refractivity contribution >= 4 is 6.21 Å². The molecule has 0 radical (unpaired) electrons. The highest BCUT2D eigenvalue weighted by molar-refractivity contribution is 5.53. The highest BCUT2D eigenvalue weighted by Gasteiger charge is 2.01. The Labute approximate surface area is 89.7 Å². The Morgan fingerprint density at radius 2 is 1.87 bits per heavy atom. The third kappa shape index (κ3) is 2.15. The lowest BCUT2D eigenvalue weighted by Crippen LogP contribution is -1.98. The molecule has 0 fully saturated rings. The summed E-state index contributed by atoms with van der Waals surface area (Å²) in [6.45, 7) is 0. The summed E-state index contributed by atoms with van der Waals surface area (Å²) in [4.78, 5) is 0. The Morgan fingerprint density at radius 1 is 1.07 bits per heavy atom. The van der Waals surface area contributed by atoms with Crippen LogP contribution in [0, 0.1) is 5.41 Å². The fourth-order valence-electron chi connectivity index (χ4n) is 1.68. The summed E-state index contributed by atoms with van der Waals surface area (Å²) in [5.41, 5.74) is 2.44. The van der Waals surface area contributed by atoms with Crippen LogP contribution in [0.15, 0.2) is 48.7 Å². The Balaban J connectivity index is 2.29. The van der Waals surface area contributed by atoms with E-state index in [1.165, 1.54) is 17.6 Å². The summed E-state index contributed by atoms with van der Waals surface area (Å²) < 4.78 is 2.17. The first-order valence-corrected chi connectivity index (χ1v) is 5.12. The van der Waals surface area contributed by atoms with E-state index >= 15 is 0 Å². The molecule has 0 saturated heterocycles. The quantitative estimate of drug-likeness (QED) is 0.731. The molecule has 0 unspecified atom stereocenters. The SMILES string of the molecule is N=CCCc1cccn1-c1ccccc1. The van der Waals surface area contributed by atoms with Crippen molar-refractivity contribution in [3.63, 3.8) is 0 Å². The summed E-state index contributed by atoms with van der Waals surface area (Å²) in [6, 6.07) is 14.4. The van der Waals surface area contributed by atoms with Crippen LogP contribution < -0.4 is 0 Å². The van der Waals surface area contributed by atoms with Crippen LogP contribution in [0.1, 0.15) is 12.1 Å². The number of aromatic nitrogens is 1. The predicted octanol–water partition coefficient (Wildman–Crippen LogP) is 3.06. The molecule has 1 aromatic heterocycles. The lowest BCUT2D eigenvalue weighted by atomic mass is 10.2. The lowest BCUT2D eigenvalue weighted by molar-refractivity contribution is 0.906. The molecule has 0 aliphatic carbocycles. The zero-order chi connectivity index (χ0) is 10.5. The topological polar surface area (TPSA) is 28.8 Å². The number of rotatable bonds is 4. The Kier molecular flexibility index (Phi) is 2.98. The van der Waals surface area contributed by atoms with Crippen molar-refractivity contribution in [2.24, 2.45) is 0 Å². The zero-order valence-electron chi connectivity index (χ0n) is 8.56. The van der Waals surface area contributed by atoms with Gasteiger partial charge in [-0.05, 0) is 43.3 Å². The van der Waals surface area contributed by atoms with Gasteiger partial charge >= 0.3 is 0 Å². The highest BCUT2D eigenvalue weighted by Crippen LogP contribution is 2.13. The molecule has 0 amide bonds. The van der Waals surface area contributed by atoms with Crippen LogP contribution in [0.2, 0.25) is 0 Å². The summed E-state index contributed by atoms with van der Waals surface area (Å²) >= 11 is 0. The molecule has 0 aliphatic rings. The largest absolute Gasteiger partial charge is 0.321 e. The molecule has 0 atom stereocenters. The van der Waals surface area contributed by atoms with Gasteiger partial charge in [0.2, 0.25) is 0 Å². The van der Waals surface area contributed by atoms with Crippen molar-refractivity contribution in [1.82, 2.24) is 4.57 Å². The van der Waals surface area contributed by atoms with Gasteiger partial charge in [-0.15, -0.1) is 0 Å². The van der Waals surface area contributed by atoms with E-state index in [0.29, 0.717) is 0 Å². The van der Waals surface area contributed by atoms with Crippen LogP contribution in [-0.4, -0.2) is 10.8 Å². The second kappa shape index (κ2) is 4.60. The average molecular weight is 198 g/mol. The molecule has 1 aromatic carbocycles. The van der Waals surface area contributed by atoms with Crippen LogP contribution in [-0.2, 0) is 6.42 Å². The molecule has 0 bridgehead atoms. The summed E-state index contributed by atoms with van der Waals surface area (Å²) in [7, 11) is 0. The summed E-state index contributed by atoms with van der Waals surface area (Å²) in [5, 5.41) is 7.05. The number of nitrogens with zero attached hydrogens (tertiary/aromatic N) is 1. The predicted molar refractivity (Wildman–Crippen MR) is 62.9 cm³/mol. The molecule has 2 nitrogen and oxygen atoms in total. The van der Waals surface area contributed by atoms with E-state index in [9.17, 15) is 0 Å². The van der Waals surface area contributed by atoms with Crippen LogP contribution in [0.25, 0.3) is 5.69 Å². The molecule has 2 heteroatoms. The number of para-hydroxylation sites is 1. The van der Waals surface area contributed by atoms with Gasteiger partial charge in [-0.1, -0.05) is 18.2 Å². The normalized spacial score (nSPS) is 10.1. The number of nitrogens with one attached hydrogen (secondary N) is 1. The Bertz CT molecular complexity index is 429. The molecular formula is C13H14N2. The molecule has 2 aromatic rings. The summed E-state index contributed by atoms with van der Waals surface area (Å²) in [6.07, 6.45) is 5.25. The smallest absolute Gasteiger partial charge is 0.0452 e. The summed E-state index contributed by atoms with van der Waals surface area (Å²) in [5.74, 6) is 0. The molecule has 76 valence electrons. The van der Waals surface area contributed by atoms with Crippen molar-refractivity contribution in [2.75, 3.05) is 0 Å². The van der Waals surface area contributed by atoms with E-state index in [1.807, 2.05) is 24.3 Å². The minimum atomic E-state index is 0.802. The number of hydrogen-bond acceptors (Lipinski definition) is 1. The molecule has 0 aliphatic heterocycles. The van der Waals surface area contributed by atoms with Gasteiger partial charge in [-0.2, -0.15) is 0 Å². The van der Waals surface area contributed by atoms with Gasteiger partial charge in [0, 0.05) is 17.6 Å². The van der Waals surface area contributed by atoms with E-state index in [2.05, 4.69) is 29.0 Å². The molecular weight excluding hydrogens is 184 g/mol. The first-order chi connectivity index (χ1) is 7.42. The third-order valence-electron chi connectivity index (χ3n) is 2.41. The van der Waals surface area contributed by atoms with Gasteiger partial charge in [-0.3, -0.25) is 0 Å². The number of hydrogen-bond donors (Lipinski definition) is 1. The Morgan fingerprint density at radius 3 is 2.60 bits per heavy atom. The first-order valence-electron chi connectivity index (χ1n) is 5.12. The van der Waals surface area contributed by atoms with Gasteiger partial charge in [0.05, 0.1) is 0 Å². The average Bonchev–Trinajstić information content (AvgIpc) is 2.75. The van der Waals surface area contributed by atoms with Gasteiger partial charge < -0.3 is 9.98 Å². The van der Waals surface area contributed by atoms with E-state index in [0.717, 1.165) is 12.8 Å². The van der Waals surface area contributed by atoms with E-state index in [-0.39, 0.29) is 0 Å². The molecule has 1 N–H and O–H groups in total. The van der Waals surface area contributed by atoms with Crippen molar-refractivity contribution in [1.29, 1.82) is 5.41 Å². The second-order valence-electron chi connectivity index (χ2n) is 3.45. The maximum atomic E-state index is 7.05. The minimum Gasteiger partial charge on any atom is -0.321 e. The highest BCUT2D eigenvalue weighted by atomic mass is 15.0. The molecule has 2 rings (SSSR count). The van der Waals surface area contributed by atoms with Crippen molar-refractivity contribution in [3.8, 4) is 5.69 Å². The fourth-order valence-corrected chi connectivity index (χ4v) is 1.68. The van der Waals surface area contributed by atoms with E-state index in [4.69, 9.17) is 5.41 Å². The lowest BCUT2D eigenvalue weighted by Gasteiger charge is -2.07. The van der Waals surface area contributed by atoms with Crippen LogP contribution in [0.3, 0.4) is 0 Å². The Hall–Kier alpha value is -1.83.